The maximum Gasteiger partial charge on any atom is 0.317 e. The van der Waals surface area contributed by atoms with E-state index in [0.717, 1.165) is 5.56 Å². The van der Waals surface area contributed by atoms with Crippen LogP contribution in [-0.4, -0.2) is 48.1 Å². The van der Waals surface area contributed by atoms with Crippen molar-refractivity contribution < 1.29 is 19.4 Å². The molecule has 2 N–H and O–H groups in total. The molecule has 0 heterocycles. The van der Waals surface area contributed by atoms with Gasteiger partial charge in [0.1, 0.15) is 5.75 Å². The first-order chi connectivity index (χ1) is 10.1. The maximum atomic E-state index is 11.8. The lowest BCUT2D eigenvalue weighted by Crippen LogP contribution is -2.34. The van der Waals surface area contributed by atoms with E-state index in [2.05, 4.69) is 5.32 Å². The van der Waals surface area contributed by atoms with E-state index in [1.165, 1.54) is 0 Å². The molecule has 1 amide bonds. The minimum Gasteiger partial charge on any atom is -0.484 e. The number of carboxylic acids is 1. The first-order valence-corrected chi connectivity index (χ1v) is 6.98. The van der Waals surface area contributed by atoms with Crippen LogP contribution in [0.15, 0.2) is 24.3 Å². The van der Waals surface area contributed by atoms with Gasteiger partial charge >= 0.3 is 5.97 Å². The van der Waals surface area contributed by atoms with Gasteiger partial charge in [0.25, 0.3) is 5.91 Å². The van der Waals surface area contributed by atoms with Crippen molar-refractivity contribution >= 4 is 11.9 Å². The molecule has 0 fully saturated rings. The number of likely N-dealkylation sites (N-methyl/N-ethyl adjacent to an activating group) is 1. The van der Waals surface area contributed by atoms with E-state index in [-0.39, 0.29) is 19.1 Å². The quantitative estimate of drug-likeness (QED) is 0.713. The van der Waals surface area contributed by atoms with Gasteiger partial charge in [-0.05, 0) is 31.5 Å². The van der Waals surface area contributed by atoms with Crippen molar-refractivity contribution in [1.29, 1.82) is 0 Å². The van der Waals surface area contributed by atoms with Gasteiger partial charge in [0.05, 0.1) is 6.54 Å². The predicted molar refractivity (Wildman–Crippen MR) is 79.2 cm³/mol. The second-order valence-electron chi connectivity index (χ2n) is 4.50. The van der Waals surface area contributed by atoms with Crippen LogP contribution in [0, 0.1) is 0 Å². The number of nitrogens with one attached hydrogen (secondary N) is 1. The van der Waals surface area contributed by atoms with Crippen molar-refractivity contribution in [2.24, 2.45) is 0 Å². The van der Waals surface area contributed by atoms with E-state index in [4.69, 9.17) is 9.84 Å². The molecule has 0 saturated heterocycles. The Bertz CT molecular complexity index is 455. The van der Waals surface area contributed by atoms with Crippen molar-refractivity contribution in [1.82, 2.24) is 10.2 Å². The smallest absolute Gasteiger partial charge is 0.317 e. The van der Waals surface area contributed by atoms with Gasteiger partial charge in [-0.3, -0.25) is 9.59 Å². The van der Waals surface area contributed by atoms with Gasteiger partial charge in [0.2, 0.25) is 0 Å². The Morgan fingerprint density at radius 2 is 1.81 bits per heavy atom. The molecule has 0 aliphatic carbocycles. The van der Waals surface area contributed by atoms with Gasteiger partial charge in [-0.15, -0.1) is 0 Å². The van der Waals surface area contributed by atoms with Crippen LogP contribution in [-0.2, 0) is 16.1 Å². The molecule has 0 radical (unpaired) electrons. The van der Waals surface area contributed by atoms with Gasteiger partial charge in [0, 0.05) is 19.6 Å². The highest BCUT2D eigenvalue weighted by Crippen LogP contribution is 2.12. The first-order valence-electron chi connectivity index (χ1n) is 6.98. The number of hydrogen-bond acceptors (Lipinski definition) is 4. The fourth-order valence-electron chi connectivity index (χ4n) is 1.83. The molecule has 0 saturated carbocycles. The molecule has 0 aliphatic rings. The highest BCUT2D eigenvalue weighted by Gasteiger charge is 2.09. The van der Waals surface area contributed by atoms with Crippen molar-refractivity contribution in [3.63, 3.8) is 0 Å². The number of amides is 1. The normalized spacial score (nSPS) is 10.2. The lowest BCUT2D eigenvalue weighted by atomic mass is 10.2. The van der Waals surface area contributed by atoms with E-state index < -0.39 is 5.97 Å². The summed E-state index contributed by atoms with van der Waals surface area (Å²) in [5.74, 6) is -0.297. The van der Waals surface area contributed by atoms with Crippen molar-refractivity contribution in [3.8, 4) is 5.75 Å². The molecule has 1 aromatic rings. The van der Waals surface area contributed by atoms with Gasteiger partial charge in [0.15, 0.2) is 6.61 Å². The Morgan fingerprint density at radius 1 is 1.19 bits per heavy atom. The van der Waals surface area contributed by atoms with Crippen LogP contribution in [0.4, 0.5) is 0 Å². The van der Waals surface area contributed by atoms with Crippen LogP contribution in [0.25, 0.3) is 0 Å². The molecule has 116 valence electrons. The summed E-state index contributed by atoms with van der Waals surface area (Å²) in [7, 11) is 0. The van der Waals surface area contributed by atoms with Crippen LogP contribution in [0.3, 0.4) is 0 Å². The maximum absolute atomic E-state index is 11.8. The summed E-state index contributed by atoms with van der Waals surface area (Å²) >= 11 is 0. The summed E-state index contributed by atoms with van der Waals surface area (Å²) in [5.41, 5.74) is 0.957. The predicted octanol–water partition coefficient (Wildman–Crippen LogP) is 1.11. The van der Waals surface area contributed by atoms with Crippen LogP contribution in [0.5, 0.6) is 5.75 Å². The number of carboxylic acid groups (broad SMARTS) is 1. The van der Waals surface area contributed by atoms with E-state index >= 15 is 0 Å². The lowest BCUT2D eigenvalue weighted by molar-refractivity contribution is -0.136. The molecule has 0 bridgehead atoms. The Morgan fingerprint density at radius 3 is 2.33 bits per heavy atom. The fourth-order valence-corrected chi connectivity index (χ4v) is 1.83. The SMILES string of the molecule is CCN(CC)C(=O)COc1ccc(CNCC(=O)O)cc1. The van der Waals surface area contributed by atoms with Gasteiger partial charge < -0.3 is 20.1 Å². The molecular weight excluding hydrogens is 272 g/mol. The number of aliphatic carboxylic acids is 1. The second-order valence-corrected chi connectivity index (χ2v) is 4.50. The molecule has 0 atom stereocenters. The molecule has 0 spiro atoms. The minimum absolute atomic E-state index is 0.0261. The molecule has 6 heteroatoms. The number of benzene rings is 1. The Labute approximate surface area is 124 Å². The van der Waals surface area contributed by atoms with Crippen molar-refractivity contribution in [2.45, 2.75) is 20.4 Å². The van der Waals surface area contributed by atoms with Crippen LogP contribution < -0.4 is 10.1 Å². The summed E-state index contributed by atoms with van der Waals surface area (Å²) in [5, 5.41) is 11.3. The van der Waals surface area contributed by atoms with E-state index in [1.54, 1.807) is 17.0 Å². The Hall–Kier alpha value is -2.08. The van der Waals surface area contributed by atoms with E-state index in [0.29, 0.717) is 25.4 Å². The van der Waals surface area contributed by atoms with E-state index in [9.17, 15) is 9.59 Å². The number of carbonyl (C=O) groups excluding carboxylic acids is 1. The Kier molecular flexibility index (Phi) is 7.25. The zero-order valence-electron chi connectivity index (χ0n) is 12.5. The molecule has 0 aromatic heterocycles. The molecule has 6 nitrogen and oxygen atoms in total. The summed E-state index contributed by atoms with van der Waals surface area (Å²) in [6, 6.07) is 7.22. The number of ether oxygens (including phenoxy) is 1. The van der Waals surface area contributed by atoms with Gasteiger partial charge in [-0.1, -0.05) is 12.1 Å². The highest BCUT2D eigenvalue weighted by atomic mass is 16.5. The number of nitrogens with zero attached hydrogens (tertiary/aromatic N) is 1. The Balaban J connectivity index is 2.40. The monoisotopic (exact) mass is 294 g/mol. The zero-order chi connectivity index (χ0) is 15.7. The first kappa shape index (κ1) is 17.0. The number of hydrogen-bond donors (Lipinski definition) is 2. The highest BCUT2D eigenvalue weighted by molar-refractivity contribution is 5.77. The molecular formula is C15H22N2O4. The van der Waals surface area contributed by atoms with Gasteiger partial charge in [-0.2, -0.15) is 0 Å². The summed E-state index contributed by atoms with van der Waals surface area (Å²) < 4.78 is 5.44. The van der Waals surface area contributed by atoms with Gasteiger partial charge in [-0.25, -0.2) is 0 Å². The largest absolute Gasteiger partial charge is 0.484 e. The average molecular weight is 294 g/mol. The molecule has 21 heavy (non-hydrogen) atoms. The van der Waals surface area contributed by atoms with Crippen LogP contribution in [0.1, 0.15) is 19.4 Å². The fraction of sp³-hybridized carbons (Fsp3) is 0.467. The summed E-state index contributed by atoms with van der Waals surface area (Å²) in [4.78, 5) is 23.9. The third kappa shape index (κ3) is 6.27. The lowest BCUT2D eigenvalue weighted by Gasteiger charge is -2.18. The average Bonchev–Trinajstić information content (AvgIpc) is 2.47. The van der Waals surface area contributed by atoms with Crippen LogP contribution >= 0.6 is 0 Å². The van der Waals surface area contributed by atoms with E-state index in [1.807, 2.05) is 26.0 Å². The van der Waals surface area contributed by atoms with Crippen molar-refractivity contribution in [2.75, 3.05) is 26.2 Å². The standard InChI is InChI=1S/C15H22N2O4/c1-3-17(4-2)14(18)11-21-13-7-5-12(6-8-13)9-16-10-15(19)20/h5-8,16H,3-4,9-11H2,1-2H3,(H,19,20). The second kappa shape index (κ2) is 8.97. The molecule has 1 aromatic carbocycles. The third-order valence-corrected chi connectivity index (χ3v) is 3.01. The summed E-state index contributed by atoms with van der Waals surface area (Å²) in [6.07, 6.45) is 0. The number of carbonyl (C=O) groups is 2. The number of rotatable bonds is 9. The molecule has 1 rings (SSSR count). The molecule has 0 aliphatic heterocycles. The third-order valence-electron chi connectivity index (χ3n) is 3.01. The van der Waals surface area contributed by atoms with Crippen LogP contribution in [0.2, 0.25) is 0 Å². The zero-order valence-corrected chi connectivity index (χ0v) is 12.5. The molecule has 0 unspecified atom stereocenters. The minimum atomic E-state index is -0.884. The van der Waals surface area contributed by atoms with Crippen molar-refractivity contribution in [3.05, 3.63) is 29.8 Å². The summed E-state index contributed by atoms with van der Waals surface area (Å²) in [6.45, 7) is 5.64. The topological polar surface area (TPSA) is 78.9 Å².